The SMILES string of the molecule is CC(C)C[C@@H](COC(=O)Cc1cccs1)NC(=O)OCc1ccccc1. The van der Waals surface area contributed by atoms with Crippen molar-refractivity contribution in [2.24, 2.45) is 5.92 Å². The van der Waals surface area contributed by atoms with Crippen LogP contribution in [0.2, 0.25) is 0 Å². The van der Waals surface area contributed by atoms with Crippen molar-refractivity contribution >= 4 is 23.4 Å². The number of amides is 1. The number of alkyl carbamates (subject to hydrolysis) is 1. The molecule has 6 heteroatoms. The predicted molar refractivity (Wildman–Crippen MR) is 102 cm³/mol. The largest absolute Gasteiger partial charge is 0.463 e. The first-order valence-electron chi connectivity index (χ1n) is 8.68. The minimum Gasteiger partial charge on any atom is -0.463 e. The first kappa shape index (κ1) is 20.0. The summed E-state index contributed by atoms with van der Waals surface area (Å²) in [5, 5.41) is 4.72. The Morgan fingerprint density at radius 2 is 1.85 bits per heavy atom. The van der Waals surface area contributed by atoms with Crippen molar-refractivity contribution in [3.63, 3.8) is 0 Å². The Balaban J connectivity index is 1.77. The summed E-state index contributed by atoms with van der Waals surface area (Å²) in [5.74, 6) is 0.0612. The molecule has 0 saturated carbocycles. The van der Waals surface area contributed by atoms with Gasteiger partial charge in [0.15, 0.2) is 0 Å². The van der Waals surface area contributed by atoms with E-state index in [1.165, 1.54) is 11.3 Å². The van der Waals surface area contributed by atoms with E-state index in [1.807, 2.05) is 47.8 Å². The lowest BCUT2D eigenvalue weighted by Gasteiger charge is -2.20. The van der Waals surface area contributed by atoms with Gasteiger partial charge in [-0.3, -0.25) is 4.79 Å². The third-order valence-electron chi connectivity index (χ3n) is 3.63. The zero-order chi connectivity index (χ0) is 18.8. The summed E-state index contributed by atoms with van der Waals surface area (Å²) < 4.78 is 10.6. The summed E-state index contributed by atoms with van der Waals surface area (Å²) in [5.41, 5.74) is 0.922. The molecule has 0 bridgehead atoms. The molecule has 1 heterocycles. The van der Waals surface area contributed by atoms with Gasteiger partial charge in [0.05, 0.1) is 12.5 Å². The van der Waals surface area contributed by atoms with Gasteiger partial charge >= 0.3 is 12.1 Å². The molecule has 0 aliphatic rings. The first-order chi connectivity index (χ1) is 12.5. The zero-order valence-electron chi connectivity index (χ0n) is 15.1. The molecule has 0 aliphatic carbocycles. The molecule has 0 spiro atoms. The summed E-state index contributed by atoms with van der Waals surface area (Å²) in [7, 11) is 0. The molecular formula is C20H25NO4S. The van der Waals surface area contributed by atoms with Gasteiger partial charge in [-0.15, -0.1) is 11.3 Å². The van der Waals surface area contributed by atoms with Crippen molar-refractivity contribution in [1.82, 2.24) is 5.32 Å². The molecule has 1 aromatic carbocycles. The maximum atomic E-state index is 12.0. The third-order valence-corrected chi connectivity index (χ3v) is 4.51. The van der Waals surface area contributed by atoms with Crippen LogP contribution in [0.3, 0.4) is 0 Å². The predicted octanol–water partition coefficient (Wildman–Crippen LogP) is 4.17. The van der Waals surface area contributed by atoms with E-state index >= 15 is 0 Å². The molecule has 1 atom stereocenters. The van der Waals surface area contributed by atoms with Crippen LogP contribution in [0.4, 0.5) is 4.79 Å². The van der Waals surface area contributed by atoms with Crippen LogP contribution in [0.25, 0.3) is 0 Å². The van der Waals surface area contributed by atoms with Gasteiger partial charge in [-0.2, -0.15) is 0 Å². The van der Waals surface area contributed by atoms with Crippen molar-refractivity contribution in [2.75, 3.05) is 6.61 Å². The average Bonchev–Trinajstić information content (AvgIpc) is 3.11. The van der Waals surface area contributed by atoms with E-state index in [-0.39, 0.29) is 31.6 Å². The van der Waals surface area contributed by atoms with Crippen molar-refractivity contribution in [3.8, 4) is 0 Å². The van der Waals surface area contributed by atoms with Crippen LogP contribution in [0.15, 0.2) is 47.8 Å². The van der Waals surface area contributed by atoms with E-state index < -0.39 is 6.09 Å². The monoisotopic (exact) mass is 375 g/mol. The average molecular weight is 375 g/mol. The van der Waals surface area contributed by atoms with Gasteiger partial charge in [0.2, 0.25) is 0 Å². The molecule has 2 rings (SSSR count). The molecular weight excluding hydrogens is 350 g/mol. The van der Waals surface area contributed by atoms with Crippen LogP contribution >= 0.6 is 11.3 Å². The normalized spacial score (nSPS) is 11.8. The number of carbonyl (C=O) groups excluding carboxylic acids is 2. The number of carbonyl (C=O) groups is 2. The van der Waals surface area contributed by atoms with Crippen molar-refractivity contribution in [1.29, 1.82) is 0 Å². The molecule has 5 nitrogen and oxygen atoms in total. The summed E-state index contributed by atoms with van der Waals surface area (Å²) >= 11 is 1.52. The minimum absolute atomic E-state index is 0.142. The topological polar surface area (TPSA) is 64.6 Å². The van der Waals surface area contributed by atoms with Crippen LogP contribution in [-0.2, 0) is 27.3 Å². The van der Waals surface area contributed by atoms with Crippen LogP contribution in [0.5, 0.6) is 0 Å². The highest BCUT2D eigenvalue weighted by Gasteiger charge is 2.17. The van der Waals surface area contributed by atoms with Gasteiger partial charge in [-0.05, 0) is 29.3 Å². The van der Waals surface area contributed by atoms with Gasteiger partial charge < -0.3 is 14.8 Å². The fourth-order valence-electron chi connectivity index (χ4n) is 2.47. The molecule has 2 aromatic rings. The molecule has 0 radical (unpaired) electrons. The van der Waals surface area contributed by atoms with Crippen LogP contribution in [-0.4, -0.2) is 24.7 Å². The highest BCUT2D eigenvalue weighted by atomic mass is 32.1. The standard InChI is InChI=1S/C20H25NO4S/c1-15(2)11-17(14-24-19(22)12-18-9-6-10-26-18)21-20(23)25-13-16-7-4-3-5-8-16/h3-10,15,17H,11-14H2,1-2H3,(H,21,23)/t17-/m0/s1. The Kier molecular flexibility index (Phi) is 8.15. The molecule has 1 amide bonds. The van der Waals surface area contributed by atoms with Gasteiger partial charge in [0.1, 0.15) is 13.2 Å². The van der Waals surface area contributed by atoms with E-state index in [0.29, 0.717) is 12.3 Å². The second-order valence-corrected chi connectivity index (χ2v) is 7.50. The Morgan fingerprint density at radius 1 is 1.08 bits per heavy atom. The lowest BCUT2D eigenvalue weighted by Crippen LogP contribution is -2.40. The summed E-state index contributed by atoms with van der Waals surface area (Å²) in [6, 6.07) is 13.0. The quantitative estimate of drug-likeness (QED) is 0.668. The maximum Gasteiger partial charge on any atom is 0.407 e. The van der Waals surface area contributed by atoms with Crippen molar-refractivity contribution in [2.45, 2.75) is 39.3 Å². The molecule has 0 aliphatic heterocycles. The van der Waals surface area contributed by atoms with E-state index in [9.17, 15) is 9.59 Å². The molecule has 0 unspecified atom stereocenters. The number of ether oxygens (including phenoxy) is 2. The maximum absolute atomic E-state index is 12.0. The van der Waals surface area contributed by atoms with E-state index in [1.54, 1.807) is 0 Å². The second kappa shape index (κ2) is 10.6. The molecule has 140 valence electrons. The summed E-state index contributed by atoms with van der Waals surface area (Å²) in [6.45, 7) is 4.46. The Hall–Kier alpha value is -2.34. The van der Waals surface area contributed by atoms with Gasteiger partial charge in [0.25, 0.3) is 0 Å². The molecule has 0 fully saturated rings. The number of benzene rings is 1. The number of esters is 1. The first-order valence-corrected chi connectivity index (χ1v) is 9.56. The molecule has 26 heavy (non-hydrogen) atoms. The van der Waals surface area contributed by atoms with E-state index in [4.69, 9.17) is 9.47 Å². The van der Waals surface area contributed by atoms with Gasteiger partial charge in [0, 0.05) is 4.88 Å². The fourth-order valence-corrected chi connectivity index (χ4v) is 3.16. The number of nitrogens with one attached hydrogen (secondary N) is 1. The smallest absolute Gasteiger partial charge is 0.407 e. The van der Waals surface area contributed by atoms with Gasteiger partial charge in [-0.1, -0.05) is 50.2 Å². The summed E-state index contributed by atoms with van der Waals surface area (Å²) in [6.07, 6.45) is 0.450. The van der Waals surface area contributed by atoms with Crippen molar-refractivity contribution < 1.29 is 19.1 Å². The minimum atomic E-state index is -0.506. The number of rotatable bonds is 9. The van der Waals surface area contributed by atoms with Crippen LogP contribution in [0.1, 0.15) is 30.7 Å². The number of hydrogen-bond donors (Lipinski definition) is 1. The molecule has 0 saturated heterocycles. The van der Waals surface area contributed by atoms with Crippen molar-refractivity contribution in [3.05, 3.63) is 58.3 Å². The van der Waals surface area contributed by atoms with Gasteiger partial charge in [-0.25, -0.2) is 4.79 Å². The molecule has 1 N–H and O–H groups in total. The van der Waals surface area contributed by atoms with Crippen LogP contribution < -0.4 is 5.32 Å². The Morgan fingerprint density at radius 3 is 2.50 bits per heavy atom. The van der Waals surface area contributed by atoms with E-state index in [0.717, 1.165) is 10.4 Å². The molecule has 1 aromatic heterocycles. The lowest BCUT2D eigenvalue weighted by molar-refractivity contribution is -0.143. The number of thiophene rings is 1. The summed E-state index contributed by atoms with van der Waals surface area (Å²) in [4.78, 5) is 24.9. The van der Waals surface area contributed by atoms with Crippen LogP contribution in [0, 0.1) is 5.92 Å². The fraction of sp³-hybridized carbons (Fsp3) is 0.400. The highest BCUT2D eigenvalue weighted by Crippen LogP contribution is 2.11. The highest BCUT2D eigenvalue weighted by molar-refractivity contribution is 7.10. The lowest BCUT2D eigenvalue weighted by atomic mass is 10.0. The second-order valence-electron chi connectivity index (χ2n) is 6.47. The van der Waals surface area contributed by atoms with E-state index in [2.05, 4.69) is 19.2 Å². The zero-order valence-corrected chi connectivity index (χ0v) is 16.0. The number of hydrogen-bond acceptors (Lipinski definition) is 5. The third kappa shape index (κ3) is 7.70. The Bertz CT molecular complexity index is 670. The Labute approximate surface area is 158 Å².